The van der Waals surface area contributed by atoms with Gasteiger partial charge in [-0.2, -0.15) is 0 Å². The standard InChI is InChI=1S/C27H33N3O2/c1-18-11-13-19(14-12-18)21-17-28-24(29-21)22(26(2,3)4)30-25(31)27(15-16-27)23(32-5)20-9-7-6-8-10-20/h6-14,17,22-23H,15-16H2,1-5H3,(H,28,29)(H,30,31)/t22-,23?/m1/s1. The predicted molar refractivity (Wildman–Crippen MR) is 127 cm³/mol. The Labute approximate surface area is 190 Å². The van der Waals surface area contributed by atoms with Crippen LogP contribution in [0.4, 0.5) is 0 Å². The van der Waals surface area contributed by atoms with Gasteiger partial charge in [0, 0.05) is 18.9 Å². The summed E-state index contributed by atoms with van der Waals surface area (Å²) in [7, 11) is 1.69. The summed E-state index contributed by atoms with van der Waals surface area (Å²) in [6.45, 7) is 8.44. The smallest absolute Gasteiger partial charge is 0.229 e. The van der Waals surface area contributed by atoms with Gasteiger partial charge in [0.2, 0.25) is 5.91 Å². The maximum absolute atomic E-state index is 13.6. The van der Waals surface area contributed by atoms with E-state index < -0.39 is 5.41 Å². The van der Waals surface area contributed by atoms with E-state index in [2.05, 4.69) is 62.3 Å². The summed E-state index contributed by atoms with van der Waals surface area (Å²) in [6, 6.07) is 18.1. The van der Waals surface area contributed by atoms with Crippen LogP contribution in [0.15, 0.2) is 60.8 Å². The Kier molecular flexibility index (Phi) is 5.95. The van der Waals surface area contributed by atoms with Crippen molar-refractivity contribution in [2.45, 2.75) is 52.7 Å². The zero-order chi connectivity index (χ0) is 22.9. The molecule has 32 heavy (non-hydrogen) atoms. The van der Waals surface area contributed by atoms with Crippen LogP contribution in [0.5, 0.6) is 0 Å². The van der Waals surface area contributed by atoms with E-state index in [1.165, 1.54) is 5.56 Å². The van der Waals surface area contributed by atoms with Crippen LogP contribution in [0.1, 0.15) is 62.7 Å². The van der Waals surface area contributed by atoms with E-state index in [9.17, 15) is 4.79 Å². The first-order chi connectivity index (χ1) is 15.2. The van der Waals surface area contributed by atoms with Crippen LogP contribution in [0, 0.1) is 17.8 Å². The monoisotopic (exact) mass is 431 g/mol. The number of carbonyl (C=O) groups is 1. The van der Waals surface area contributed by atoms with Crippen molar-refractivity contribution in [3.63, 3.8) is 0 Å². The summed E-state index contributed by atoms with van der Waals surface area (Å²) in [5, 5.41) is 3.32. The molecule has 5 heteroatoms. The number of nitrogens with one attached hydrogen (secondary N) is 2. The topological polar surface area (TPSA) is 67.0 Å². The number of rotatable bonds is 7. The fraction of sp³-hybridized carbons (Fsp3) is 0.407. The Hall–Kier alpha value is -2.92. The summed E-state index contributed by atoms with van der Waals surface area (Å²) in [5.41, 5.74) is 3.43. The van der Waals surface area contributed by atoms with E-state index in [1.54, 1.807) is 7.11 Å². The molecule has 2 aromatic carbocycles. The molecule has 1 fully saturated rings. The highest BCUT2D eigenvalue weighted by Crippen LogP contribution is 2.57. The van der Waals surface area contributed by atoms with Crippen molar-refractivity contribution in [3.05, 3.63) is 77.7 Å². The van der Waals surface area contributed by atoms with Crippen molar-refractivity contribution in [2.24, 2.45) is 10.8 Å². The van der Waals surface area contributed by atoms with E-state index in [1.807, 2.05) is 36.5 Å². The van der Waals surface area contributed by atoms with E-state index >= 15 is 0 Å². The van der Waals surface area contributed by atoms with Gasteiger partial charge in [-0.25, -0.2) is 4.98 Å². The predicted octanol–water partition coefficient (Wildman–Crippen LogP) is 5.76. The lowest BCUT2D eigenvalue weighted by atomic mass is 9.84. The minimum atomic E-state index is -0.536. The number of amides is 1. The molecule has 1 heterocycles. The normalized spacial score (nSPS) is 16.9. The van der Waals surface area contributed by atoms with Gasteiger partial charge in [-0.05, 0) is 30.7 Å². The Morgan fingerprint density at radius 1 is 1.09 bits per heavy atom. The van der Waals surface area contributed by atoms with Crippen molar-refractivity contribution < 1.29 is 9.53 Å². The van der Waals surface area contributed by atoms with Crippen molar-refractivity contribution in [1.82, 2.24) is 15.3 Å². The Balaban J connectivity index is 1.59. The number of aromatic nitrogens is 2. The van der Waals surface area contributed by atoms with Crippen molar-refractivity contribution in [3.8, 4) is 11.3 Å². The summed E-state index contributed by atoms with van der Waals surface area (Å²) < 4.78 is 5.85. The highest BCUT2D eigenvalue weighted by molar-refractivity contribution is 5.86. The lowest BCUT2D eigenvalue weighted by Crippen LogP contribution is -2.43. The van der Waals surface area contributed by atoms with E-state index in [0.29, 0.717) is 0 Å². The molecule has 1 aliphatic rings. The molecule has 0 aliphatic heterocycles. The van der Waals surface area contributed by atoms with Gasteiger partial charge in [0.05, 0.1) is 23.3 Å². The molecule has 0 spiro atoms. The second kappa shape index (κ2) is 8.55. The van der Waals surface area contributed by atoms with Crippen LogP contribution in [-0.2, 0) is 9.53 Å². The molecule has 1 aliphatic carbocycles. The second-order valence-corrected chi connectivity index (χ2v) is 9.99. The van der Waals surface area contributed by atoms with Crippen LogP contribution < -0.4 is 5.32 Å². The molecule has 4 rings (SSSR count). The number of aromatic amines is 1. The zero-order valence-corrected chi connectivity index (χ0v) is 19.6. The number of aryl methyl sites for hydroxylation is 1. The quantitative estimate of drug-likeness (QED) is 0.500. The number of ether oxygens (including phenoxy) is 1. The first kappa shape index (κ1) is 22.3. The Bertz CT molecular complexity index is 1060. The molecule has 168 valence electrons. The van der Waals surface area contributed by atoms with Gasteiger partial charge in [0.25, 0.3) is 0 Å². The maximum atomic E-state index is 13.6. The number of hydrogen-bond acceptors (Lipinski definition) is 3. The Morgan fingerprint density at radius 2 is 1.75 bits per heavy atom. The number of methoxy groups -OCH3 is 1. The summed E-state index contributed by atoms with van der Waals surface area (Å²) in [4.78, 5) is 21.8. The number of nitrogens with zero attached hydrogens (tertiary/aromatic N) is 1. The lowest BCUT2D eigenvalue weighted by molar-refractivity contribution is -0.133. The number of imidazole rings is 1. The summed E-state index contributed by atoms with van der Waals surface area (Å²) in [5.74, 6) is 0.798. The molecular weight excluding hydrogens is 398 g/mol. The van der Waals surface area contributed by atoms with Gasteiger partial charge in [-0.3, -0.25) is 4.79 Å². The lowest BCUT2D eigenvalue weighted by Gasteiger charge is -2.33. The SMILES string of the molecule is COC(c1ccccc1)C1(C(=O)N[C@H](c2nc(-c3ccc(C)cc3)c[nH]2)C(C)(C)C)CC1. The molecule has 0 radical (unpaired) electrons. The molecule has 0 saturated heterocycles. The molecule has 1 unspecified atom stereocenters. The maximum Gasteiger partial charge on any atom is 0.229 e. The molecule has 1 saturated carbocycles. The largest absolute Gasteiger partial charge is 0.376 e. The summed E-state index contributed by atoms with van der Waals surface area (Å²) in [6.07, 6.45) is 3.29. The van der Waals surface area contributed by atoms with Gasteiger partial charge in [-0.15, -0.1) is 0 Å². The van der Waals surface area contributed by atoms with Crippen molar-refractivity contribution >= 4 is 5.91 Å². The minimum absolute atomic E-state index is 0.0291. The number of benzene rings is 2. The number of carbonyl (C=O) groups excluding carboxylic acids is 1. The summed E-state index contributed by atoms with van der Waals surface area (Å²) >= 11 is 0. The molecule has 5 nitrogen and oxygen atoms in total. The van der Waals surface area contributed by atoms with Crippen LogP contribution >= 0.6 is 0 Å². The van der Waals surface area contributed by atoms with E-state index in [-0.39, 0.29) is 23.5 Å². The molecule has 1 aromatic heterocycles. The Morgan fingerprint density at radius 3 is 2.31 bits per heavy atom. The molecule has 0 bridgehead atoms. The first-order valence-corrected chi connectivity index (χ1v) is 11.3. The third kappa shape index (κ3) is 4.35. The third-order valence-electron chi connectivity index (χ3n) is 6.44. The van der Waals surface area contributed by atoms with Gasteiger partial charge in [0.1, 0.15) is 5.82 Å². The van der Waals surface area contributed by atoms with Crippen molar-refractivity contribution in [2.75, 3.05) is 7.11 Å². The van der Waals surface area contributed by atoms with E-state index in [4.69, 9.17) is 9.72 Å². The molecule has 2 atom stereocenters. The van der Waals surface area contributed by atoms with Gasteiger partial charge >= 0.3 is 0 Å². The van der Waals surface area contributed by atoms with Crippen LogP contribution in [0.25, 0.3) is 11.3 Å². The molecule has 3 aromatic rings. The van der Waals surface area contributed by atoms with Crippen LogP contribution in [-0.4, -0.2) is 23.0 Å². The average Bonchev–Trinajstić information content (AvgIpc) is 3.42. The number of H-pyrrole nitrogens is 1. The fourth-order valence-corrected chi connectivity index (χ4v) is 4.38. The average molecular weight is 432 g/mol. The molecule has 2 N–H and O–H groups in total. The molecule has 1 amide bonds. The third-order valence-corrected chi connectivity index (χ3v) is 6.44. The van der Waals surface area contributed by atoms with Crippen LogP contribution in [0.3, 0.4) is 0 Å². The van der Waals surface area contributed by atoms with Gasteiger partial charge < -0.3 is 15.0 Å². The fourth-order valence-electron chi connectivity index (χ4n) is 4.38. The second-order valence-electron chi connectivity index (χ2n) is 9.99. The van der Waals surface area contributed by atoms with Gasteiger partial charge in [-0.1, -0.05) is 80.9 Å². The number of hydrogen-bond donors (Lipinski definition) is 2. The minimum Gasteiger partial charge on any atom is -0.376 e. The highest BCUT2D eigenvalue weighted by Gasteiger charge is 2.57. The molecular formula is C27H33N3O2. The van der Waals surface area contributed by atoms with Gasteiger partial charge in [0.15, 0.2) is 0 Å². The van der Waals surface area contributed by atoms with Crippen molar-refractivity contribution in [1.29, 1.82) is 0 Å². The zero-order valence-electron chi connectivity index (χ0n) is 19.6. The first-order valence-electron chi connectivity index (χ1n) is 11.3. The van der Waals surface area contributed by atoms with Crippen LogP contribution in [0.2, 0.25) is 0 Å². The highest BCUT2D eigenvalue weighted by atomic mass is 16.5. The van der Waals surface area contributed by atoms with E-state index in [0.717, 1.165) is 35.5 Å².